The number of halogens is 4. The molecule has 1 unspecified atom stereocenters. The quantitative estimate of drug-likeness (QED) is 0.813. The van der Waals surface area contributed by atoms with Crippen LogP contribution in [0.2, 0.25) is 0 Å². The second-order valence-electron chi connectivity index (χ2n) is 3.84. The summed E-state index contributed by atoms with van der Waals surface area (Å²) in [4.78, 5) is 11.1. The van der Waals surface area contributed by atoms with Gasteiger partial charge < -0.3 is 9.84 Å². The van der Waals surface area contributed by atoms with E-state index < -0.39 is 18.2 Å². The molecule has 0 aliphatic carbocycles. The van der Waals surface area contributed by atoms with Crippen LogP contribution in [0.1, 0.15) is 24.3 Å². The van der Waals surface area contributed by atoms with E-state index in [9.17, 15) is 18.0 Å². The molecule has 0 heterocycles. The monoisotopic (exact) mass is 296 g/mol. The van der Waals surface area contributed by atoms with Gasteiger partial charge in [0.25, 0.3) is 0 Å². The molecule has 19 heavy (non-hydrogen) atoms. The van der Waals surface area contributed by atoms with Crippen molar-refractivity contribution in [3.63, 3.8) is 0 Å². The van der Waals surface area contributed by atoms with E-state index in [-0.39, 0.29) is 5.75 Å². The van der Waals surface area contributed by atoms with E-state index in [0.29, 0.717) is 24.3 Å². The van der Waals surface area contributed by atoms with Gasteiger partial charge in [-0.1, -0.05) is 12.1 Å². The minimum absolute atomic E-state index is 0.332. The molecule has 0 saturated heterocycles. The number of aliphatic carboxylic acids is 1. The summed E-state index contributed by atoms with van der Waals surface area (Å²) in [5.41, 5.74) is 0.423. The first-order chi connectivity index (χ1) is 8.83. The van der Waals surface area contributed by atoms with Crippen LogP contribution in [0.4, 0.5) is 13.2 Å². The van der Waals surface area contributed by atoms with Gasteiger partial charge in [0.2, 0.25) is 0 Å². The average Bonchev–Trinajstić information content (AvgIpc) is 2.29. The van der Waals surface area contributed by atoms with E-state index in [0.717, 1.165) is 12.1 Å². The molecule has 7 heteroatoms. The van der Waals surface area contributed by atoms with Crippen LogP contribution in [-0.2, 0) is 4.79 Å². The Morgan fingerprint density at radius 3 is 2.32 bits per heavy atom. The van der Waals surface area contributed by atoms with Crippen molar-refractivity contribution in [2.24, 2.45) is 0 Å². The molecule has 1 aromatic rings. The molecule has 1 aromatic carbocycles. The molecule has 1 N–H and O–H groups in total. The molecule has 0 aliphatic rings. The third-order valence-corrected chi connectivity index (χ3v) is 2.71. The lowest BCUT2D eigenvalue weighted by Crippen LogP contribution is -2.17. The van der Waals surface area contributed by atoms with E-state index in [1.54, 1.807) is 0 Å². The summed E-state index contributed by atoms with van der Waals surface area (Å²) in [5.74, 6) is -1.86. The van der Waals surface area contributed by atoms with Gasteiger partial charge in [0.15, 0.2) is 0 Å². The number of rotatable bonds is 6. The van der Waals surface area contributed by atoms with E-state index in [1.165, 1.54) is 12.1 Å². The van der Waals surface area contributed by atoms with Crippen LogP contribution < -0.4 is 4.74 Å². The highest BCUT2D eigenvalue weighted by molar-refractivity contribution is 6.17. The number of carboxylic acids is 1. The summed E-state index contributed by atoms with van der Waals surface area (Å²) >= 11 is 5.50. The van der Waals surface area contributed by atoms with E-state index in [4.69, 9.17) is 16.7 Å². The first kappa shape index (κ1) is 15.6. The maximum atomic E-state index is 12.0. The lowest BCUT2D eigenvalue weighted by molar-refractivity contribution is -0.274. The Morgan fingerprint density at radius 2 is 1.89 bits per heavy atom. The number of hydrogen-bond donors (Lipinski definition) is 1. The SMILES string of the molecule is O=C(O)C(CCCCl)c1ccc(OC(F)(F)F)cc1. The number of benzene rings is 1. The Labute approximate surface area is 112 Å². The van der Waals surface area contributed by atoms with E-state index in [2.05, 4.69) is 4.74 Å². The Balaban J connectivity index is 2.80. The first-order valence-electron chi connectivity index (χ1n) is 5.48. The van der Waals surface area contributed by atoms with Crippen molar-refractivity contribution >= 4 is 17.6 Å². The van der Waals surface area contributed by atoms with Crippen LogP contribution in [0, 0.1) is 0 Å². The summed E-state index contributed by atoms with van der Waals surface area (Å²) in [5, 5.41) is 9.05. The predicted molar refractivity (Wildman–Crippen MR) is 63.5 cm³/mol. The molecule has 0 spiro atoms. The van der Waals surface area contributed by atoms with Gasteiger partial charge in [-0.15, -0.1) is 24.8 Å². The lowest BCUT2D eigenvalue weighted by Gasteiger charge is -2.13. The van der Waals surface area contributed by atoms with Gasteiger partial charge in [0, 0.05) is 5.88 Å². The second-order valence-corrected chi connectivity index (χ2v) is 4.22. The van der Waals surface area contributed by atoms with Gasteiger partial charge >= 0.3 is 12.3 Å². The summed E-state index contributed by atoms with van der Waals surface area (Å²) in [6, 6.07) is 4.82. The standard InChI is InChI=1S/C12H12ClF3O3/c13-7-1-2-10(11(17)18)8-3-5-9(6-4-8)19-12(14,15)16/h3-6,10H,1-2,7H2,(H,17,18). The highest BCUT2D eigenvalue weighted by Crippen LogP contribution is 2.27. The van der Waals surface area contributed by atoms with Crippen LogP contribution in [0.3, 0.4) is 0 Å². The normalized spacial score (nSPS) is 13.1. The van der Waals surface area contributed by atoms with Gasteiger partial charge in [-0.3, -0.25) is 4.79 Å². The zero-order chi connectivity index (χ0) is 14.5. The molecule has 3 nitrogen and oxygen atoms in total. The smallest absolute Gasteiger partial charge is 0.481 e. The zero-order valence-electron chi connectivity index (χ0n) is 9.78. The molecule has 1 atom stereocenters. The molecule has 0 radical (unpaired) electrons. The summed E-state index contributed by atoms with van der Waals surface area (Å²) in [6.45, 7) is 0. The Kier molecular flexibility index (Phi) is 5.47. The highest BCUT2D eigenvalue weighted by Gasteiger charge is 2.31. The molecule has 0 bridgehead atoms. The fourth-order valence-electron chi connectivity index (χ4n) is 1.62. The zero-order valence-corrected chi connectivity index (χ0v) is 10.5. The number of carbonyl (C=O) groups is 1. The molecule has 0 saturated carbocycles. The summed E-state index contributed by atoms with van der Waals surface area (Å²) in [6.07, 6.45) is -3.91. The van der Waals surface area contributed by atoms with Crippen molar-refractivity contribution in [2.75, 3.05) is 5.88 Å². The second kappa shape index (κ2) is 6.65. The molecule has 0 aliphatic heterocycles. The first-order valence-corrected chi connectivity index (χ1v) is 6.01. The largest absolute Gasteiger partial charge is 0.573 e. The highest BCUT2D eigenvalue weighted by atomic mass is 35.5. The van der Waals surface area contributed by atoms with Crippen molar-refractivity contribution in [2.45, 2.75) is 25.1 Å². The van der Waals surface area contributed by atoms with Crippen molar-refractivity contribution in [3.05, 3.63) is 29.8 Å². The minimum Gasteiger partial charge on any atom is -0.481 e. The van der Waals surface area contributed by atoms with Crippen molar-refractivity contribution in [3.8, 4) is 5.75 Å². The van der Waals surface area contributed by atoms with Crippen molar-refractivity contribution < 1.29 is 27.8 Å². The Bertz CT molecular complexity index is 417. The van der Waals surface area contributed by atoms with Gasteiger partial charge in [-0.05, 0) is 30.5 Å². The average molecular weight is 297 g/mol. The lowest BCUT2D eigenvalue weighted by atomic mass is 9.95. The number of alkyl halides is 4. The van der Waals surface area contributed by atoms with E-state index >= 15 is 0 Å². The van der Waals surface area contributed by atoms with Crippen LogP contribution in [0.5, 0.6) is 5.75 Å². The van der Waals surface area contributed by atoms with Gasteiger partial charge in [0.05, 0.1) is 5.92 Å². The summed E-state index contributed by atoms with van der Waals surface area (Å²) < 4.78 is 39.6. The van der Waals surface area contributed by atoms with Crippen molar-refractivity contribution in [1.82, 2.24) is 0 Å². The molecule has 0 fully saturated rings. The van der Waals surface area contributed by atoms with Gasteiger partial charge in [0.1, 0.15) is 5.75 Å². The van der Waals surface area contributed by atoms with Crippen molar-refractivity contribution in [1.29, 1.82) is 0 Å². The third-order valence-electron chi connectivity index (χ3n) is 2.44. The van der Waals surface area contributed by atoms with E-state index in [1.807, 2.05) is 0 Å². The molecule has 0 amide bonds. The number of ether oxygens (including phenoxy) is 1. The molecule has 1 rings (SSSR count). The Hall–Kier alpha value is -1.43. The minimum atomic E-state index is -4.76. The molecule has 0 aromatic heterocycles. The maximum absolute atomic E-state index is 12.0. The number of hydrogen-bond acceptors (Lipinski definition) is 2. The molecular weight excluding hydrogens is 285 g/mol. The topological polar surface area (TPSA) is 46.5 Å². The molecule has 106 valence electrons. The Morgan fingerprint density at radius 1 is 1.32 bits per heavy atom. The molecular formula is C12H12ClF3O3. The van der Waals surface area contributed by atoms with Crippen LogP contribution >= 0.6 is 11.6 Å². The van der Waals surface area contributed by atoms with Crippen LogP contribution in [-0.4, -0.2) is 23.3 Å². The van der Waals surface area contributed by atoms with Gasteiger partial charge in [-0.2, -0.15) is 0 Å². The summed E-state index contributed by atoms with van der Waals surface area (Å²) in [7, 11) is 0. The van der Waals surface area contributed by atoms with Crippen LogP contribution in [0.15, 0.2) is 24.3 Å². The number of carboxylic acid groups (broad SMARTS) is 1. The predicted octanol–water partition coefficient (Wildman–Crippen LogP) is 3.77. The maximum Gasteiger partial charge on any atom is 0.573 e. The fraction of sp³-hybridized carbons (Fsp3) is 0.417. The fourth-order valence-corrected chi connectivity index (χ4v) is 1.77. The van der Waals surface area contributed by atoms with Gasteiger partial charge in [-0.25, -0.2) is 0 Å². The van der Waals surface area contributed by atoms with Crippen LogP contribution in [0.25, 0.3) is 0 Å². The third kappa shape index (κ3) is 5.38.